The van der Waals surface area contributed by atoms with E-state index in [1.807, 2.05) is 0 Å². The van der Waals surface area contributed by atoms with Crippen LogP contribution in [0.3, 0.4) is 0 Å². The largest absolute Gasteiger partial charge is 0.303 e. The Labute approximate surface area is 74.6 Å². The van der Waals surface area contributed by atoms with Crippen molar-refractivity contribution in [2.75, 3.05) is 0 Å². The maximum absolute atomic E-state index is 10.1. The van der Waals surface area contributed by atoms with E-state index in [-0.39, 0.29) is 0 Å². The molecule has 0 aliphatic carbocycles. The highest BCUT2D eigenvalue weighted by Crippen LogP contribution is 2.11. The van der Waals surface area contributed by atoms with E-state index in [0.717, 1.165) is 12.7 Å². The average molecular weight is 170 g/mol. The summed E-state index contributed by atoms with van der Waals surface area (Å²) in [5.74, 6) is 0. The maximum atomic E-state index is 10.1. The first-order valence-corrected chi connectivity index (χ1v) is 7.23. The molecule has 0 aliphatic heterocycles. The van der Waals surface area contributed by atoms with Crippen molar-refractivity contribution in [1.29, 1.82) is 0 Å². The molecule has 0 unspecified atom stereocenters. The normalized spacial score (nSPS) is 9.64. The van der Waals surface area contributed by atoms with Crippen molar-refractivity contribution < 1.29 is 4.79 Å². The molecule has 0 saturated heterocycles. The number of carbonyl (C=O) groups excluding carboxylic acids is 1. The fourth-order valence-electron chi connectivity index (χ4n) is 1.55. The SMILES string of the molecule is CC[CH2][Al]([CH2]CC)[CH2]CC=O. The zero-order chi connectivity index (χ0) is 8.53. The van der Waals surface area contributed by atoms with Gasteiger partial charge in [0.1, 0.15) is 6.29 Å². The highest BCUT2D eigenvalue weighted by atomic mass is 27.2. The summed E-state index contributed by atoms with van der Waals surface area (Å²) in [6.45, 7) is 4.49. The smallest absolute Gasteiger partial charge is 0.262 e. The quantitative estimate of drug-likeness (QED) is 0.424. The Bertz CT molecular complexity index is 87.6. The Kier molecular flexibility index (Phi) is 8.45. The van der Waals surface area contributed by atoms with Gasteiger partial charge in [-0.15, -0.1) is 0 Å². The minimum atomic E-state index is -0.483. The van der Waals surface area contributed by atoms with E-state index >= 15 is 0 Å². The molecule has 0 rings (SSSR count). The van der Waals surface area contributed by atoms with E-state index < -0.39 is 14.1 Å². The Balaban J connectivity index is 3.41. The highest BCUT2D eigenvalue weighted by Gasteiger charge is 2.13. The second-order valence-electron chi connectivity index (χ2n) is 3.19. The van der Waals surface area contributed by atoms with E-state index in [1.165, 1.54) is 28.7 Å². The monoisotopic (exact) mass is 170 g/mol. The van der Waals surface area contributed by atoms with Crippen molar-refractivity contribution >= 4 is 20.4 Å². The predicted molar refractivity (Wildman–Crippen MR) is 51.4 cm³/mol. The predicted octanol–water partition coefficient (Wildman–Crippen LogP) is 2.89. The Morgan fingerprint density at radius 2 is 1.64 bits per heavy atom. The standard InChI is InChI=1S/C3H5O.2C3H7.Al/c1-2-3-4;2*1-3-2;/h3H,1-2H2;2*1,3H2,2H3;. The lowest BCUT2D eigenvalue weighted by molar-refractivity contribution is -0.107. The molecule has 0 bridgehead atoms. The van der Waals surface area contributed by atoms with Gasteiger partial charge < -0.3 is 4.79 Å². The third kappa shape index (κ3) is 6.59. The zero-order valence-corrected chi connectivity index (χ0v) is 8.96. The first kappa shape index (κ1) is 11.2. The van der Waals surface area contributed by atoms with Crippen LogP contribution in [0.1, 0.15) is 33.1 Å². The van der Waals surface area contributed by atoms with Crippen molar-refractivity contribution in [3.8, 4) is 0 Å². The lowest BCUT2D eigenvalue weighted by atomic mass is 10.5. The topological polar surface area (TPSA) is 17.1 Å². The molecule has 0 spiro atoms. The van der Waals surface area contributed by atoms with Gasteiger partial charge in [-0.2, -0.15) is 0 Å². The Morgan fingerprint density at radius 1 is 1.09 bits per heavy atom. The van der Waals surface area contributed by atoms with Crippen LogP contribution in [0.5, 0.6) is 0 Å². The van der Waals surface area contributed by atoms with Crippen molar-refractivity contribution in [3.63, 3.8) is 0 Å². The molecule has 0 fully saturated rings. The highest BCUT2D eigenvalue weighted by molar-refractivity contribution is 6.58. The number of hydrogen-bond donors (Lipinski definition) is 0. The van der Waals surface area contributed by atoms with Gasteiger partial charge in [-0.3, -0.25) is 0 Å². The number of aldehydes is 1. The average Bonchev–Trinajstić information content (AvgIpc) is 2.01. The first-order valence-electron chi connectivity index (χ1n) is 4.78. The summed E-state index contributed by atoms with van der Waals surface area (Å²) in [6, 6.07) is 0. The number of rotatable bonds is 7. The van der Waals surface area contributed by atoms with E-state index in [2.05, 4.69) is 13.8 Å². The summed E-state index contributed by atoms with van der Waals surface area (Å²) in [5, 5.41) is 4.11. The summed E-state index contributed by atoms with van der Waals surface area (Å²) >= 11 is -0.483. The van der Waals surface area contributed by atoms with Gasteiger partial charge in [0.2, 0.25) is 0 Å². The van der Waals surface area contributed by atoms with Crippen LogP contribution in [0, 0.1) is 0 Å². The molecular weight excluding hydrogens is 151 g/mol. The van der Waals surface area contributed by atoms with E-state index in [9.17, 15) is 4.79 Å². The number of carbonyl (C=O) groups is 1. The van der Waals surface area contributed by atoms with Gasteiger partial charge in [0.05, 0.1) is 0 Å². The molecule has 0 radical (unpaired) electrons. The summed E-state index contributed by atoms with van der Waals surface area (Å²) < 4.78 is 0. The minimum Gasteiger partial charge on any atom is -0.303 e. The molecule has 0 heterocycles. The molecule has 0 aromatic rings. The van der Waals surface area contributed by atoms with Gasteiger partial charge in [0.25, 0.3) is 14.1 Å². The lowest BCUT2D eigenvalue weighted by Gasteiger charge is -2.05. The Hall–Kier alpha value is 0.202. The molecule has 11 heavy (non-hydrogen) atoms. The summed E-state index contributed by atoms with van der Waals surface area (Å²) in [4.78, 5) is 10.1. The van der Waals surface area contributed by atoms with Crippen LogP contribution in [-0.4, -0.2) is 20.4 Å². The molecule has 0 atom stereocenters. The molecule has 0 aromatic carbocycles. The molecular formula is C9H19AlO. The van der Waals surface area contributed by atoms with E-state index in [0.29, 0.717) is 0 Å². The summed E-state index contributed by atoms with van der Waals surface area (Å²) in [7, 11) is 0. The minimum absolute atomic E-state index is 0.483. The Morgan fingerprint density at radius 3 is 2.00 bits per heavy atom. The van der Waals surface area contributed by atoms with Crippen LogP contribution in [0.25, 0.3) is 0 Å². The molecule has 0 amide bonds. The number of hydrogen-bond acceptors (Lipinski definition) is 1. The first-order chi connectivity index (χ1) is 5.35. The van der Waals surface area contributed by atoms with Crippen LogP contribution < -0.4 is 0 Å². The van der Waals surface area contributed by atoms with Gasteiger partial charge in [0, 0.05) is 0 Å². The van der Waals surface area contributed by atoms with Gasteiger partial charge in [-0.25, -0.2) is 0 Å². The molecule has 64 valence electrons. The zero-order valence-electron chi connectivity index (χ0n) is 7.81. The van der Waals surface area contributed by atoms with Crippen molar-refractivity contribution in [1.82, 2.24) is 0 Å². The third-order valence-corrected chi connectivity index (χ3v) is 6.02. The van der Waals surface area contributed by atoms with Crippen LogP contribution in [0.15, 0.2) is 0 Å². The van der Waals surface area contributed by atoms with Gasteiger partial charge in [0.15, 0.2) is 0 Å². The second-order valence-corrected chi connectivity index (χ2v) is 6.65. The van der Waals surface area contributed by atoms with Gasteiger partial charge in [-0.1, -0.05) is 42.5 Å². The molecule has 1 nitrogen and oxygen atoms in total. The molecule has 0 N–H and O–H groups in total. The summed E-state index contributed by atoms with van der Waals surface area (Å²) in [6.07, 6.45) is 4.52. The van der Waals surface area contributed by atoms with Crippen molar-refractivity contribution in [2.24, 2.45) is 0 Å². The van der Waals surface area contributed by atoms with E-state index in [4.69, 9.17) is 0 Å². The second kappa shape index (κ2) is 8.30. The molecule has 0 saturated carbocycles. The van der Waals surface area contributed by atoms with Crippen LogP contribution in [0.4, 0.5) is 0 Å². The molecule has 2 heteroatoms. The third-order valence-electron chi connectivity index (χ3n) is 2.09. The fraction of sp³-hybridized carbons (Fsp3) is 0.889. The van der Waals surface area contributed by atoms with Crippen molar-refractivity contribution in [2.45, 2.75) is 49.0 Å². The van der Waals surface area contributed by atoms with Crippen LogP contribution in [0.2, 0.25) is 15.8 Å². The van der Waals surface area contributed by atoms with Crippen LogP contribution >= 0.6 is 0 Å². The lowest BCUT2D eigenvalue weighted by Crippen LogP contribution is -2.10. The fourth-order valence-corrected chi connectivity index (χ4v) is 4.66. The maximum Gasteiger partial charge on any atom is 0.262 e. The summed E-state index contributed by atoms with van der Waals surface area (Å²) in [5.41, 5.74) is 0. The molecule has 0 aromatic heterocycles. The molecule has 0 aliphatic rings. The van der Waals surface area contributed by atoms with Crippen LogP contribution in [-0.2, 0) is 4.79 Å². The van der Waals surface area contributed by atoms with Gasteiger partial charge >= 0.3 is 0 Å². The van der Waals surface area contributed by atoms with E-state index in [1.54, 1.807) is 0 Å². The van der Waals surface area contributed by atoms with Crippen molar-refractivity contribution in [3.05, 3.63) is 0 Å². The van der Waals surface area contributed by atoms with Gasteiger partial charge in [-0.05, 0) is 6.42 Å².